The average molecular weight is 363 g/mol. The highest BCUT2D eigenvalue weighted by Gasteiger charge is 2.36. The normalized spacial score (nSPS) is 11.4. The van der Waals surface area contributed by atoms with Crippen molar-refractivity contribution in [3.8, 4) is 22.8 Å². The van der Waals surface area contributed by atoms with E-state index < -0.39 is 11.7 Å². The van der Waals surface area contributed by atoms with Crippen molar-refractivity contribution < 1.29 is 27.2 Å². The Morgan fingerprint density at radius 3 is 2.35 bits per heavy atom. The smallest absolute Gasteiger partial charge is 0.417 e. The zero-order chi connectivity index (χ0) is 18.7. The summed E-state index contributed by atoms with van der Waals surface area (Å²) in [6, 6.07) is 12.9. The first-order chi connectivity index (χ1) is 12.4. The molecule has 0 aliphatic rings. The Balaban J connectivity index is 2.03. The molecule has 2 aromatic carbocycles. The lowest BCUT2D eigenvalue weighted by Gasteiger charge is -2.17. The van der Waals surface area contributed by atoms with Crippen LogP contribution < -0.4 is 9.47 Å². The second-order valence-corrected chi connectivity index (χ2v) is 5.65. The van der Waals surface area contributed by atoms with E-state index in [9.17, 15) is 13.2 Å². The van der Waals surface area contributed by atoms with Gasteiger partial charge in [0.15, 0.2) is 17.3 Å². The van der Waals surface area contributed by atoms with Gasteiger partial charge in [-0.1, -0.05) is 35.5 Å². The molecule has 1 aromatic heterocycles. The lowest BCUT2D eigenvalue weighted by atomic mass is 10.0. The molecule has 7 heteroatoms. The number of methoxy groups -OCH3 is 1. The van der Waals surface area contributed by atoms with E-state index in [1.165, 1.54) is 19.2 Å². The fourth-order valence-corrected chi connectivity index (χ4v) is 2.50. The lowest BCUT2D eigenvalue weighted by Crippen LogP contribution is -2.08. The van der Waals surface area contributed by atoms with E-state index in [2.05, 4.69) is 5.16 Å². The van der Waals surface area contributed by atoms with Gasteiger partial charge in [-0.15, -0.1) is 0 Å². The molecule has 0 radical (unpaired) electrons. The van der Waals surface area contributed by atoms with Gasteiger partial charge in [0.2, 0.25) is 0 Å². The van der Waals surface area contributed by atoms with Crippen LogP contribution in [-0.2, 0) is 12.8 Å². The number of aromatic nitrogens is 1. The van der Waals surface area contributed by atoms with Crippen molar-refractivity contribution >= 4 is 0 Å². The number of hydrogen-bond acceptors (Lipinski definition) is 4. The quantitative estimate of drug-likeness (QED) is 0.621. The number of aryl methyl sites for hydroxylation is 1. The predicted octanol–water partition coefficient (Wildman–Crippen LogP) is 5.26. The van der Waals surface area contributed by atoms with E-state index in [1.807, 2.05) is 30.3 Å². The van der Waals surface area contributed by atoms with E-state index in [4.69, 9.17) is 14.0 Å². The first-order valence-corrected chi connectivity index (χ1v) is 7.78. The highest BCUT2D eigenvalue weighted by molar-refractivity contribution is 5.68. The minimum Gasteiger partial charge on any atom is -0.493 e. The lowest BCUT2D eigenvalue weighted by molar-refractivity contribution is -0.137. The molecule has 136 valence electrons. The average Bonchev–Trinajstić information content (AvgIpc) is 3.05. The third kappa shape index (κ3) is 3.82. The third-order valence-electron chi connectivity index (χ3n) is 3.74. The topological polar surface area (TPSA) is 44.5 Å². The van der Waals surface area contributed by atoms with Crippen LogP contribution in [0.4, 0.5) is 13.2 Å². The number of nitrogens with zero attached hydrogens (tertiary/aromatic N) is 1. The molecule has 0 saturated carbocycles. The zero-order valence-corrected chi connectivity index (χ0v) is 14.1. The number of alkyl halides is 3. The molecule has 3 aromatic rings. The Hall–Kier alpha value is -2.96. The summed E-state index contributed by atoms with van der Waals surface area (Å²) < 4.78 is 56.3. The highest BCUT2D eigenvalue weighted by Crippen LogP contribution is 2.43. The first-order valence-electron chi connectivity index (χ1n) is 7.78. The Labute approximate surface area is 148 Å². The molecule has 0 aliphatic carbocycles. The van der Waals surface area contributed by atoms with Gasteiger partial charge < -0.3 is 14.0 Å². The Kier molecular flexibility index (Phi) is 4.88. The second kappa shape index (κ2) is 7.11. The Bertz CT molecular complexity index is 889. The van der Waals surface area contributed by atoms with Gasteiger partial charge in [0.05, 0.1) is 18.4 Å². The van der Waals surface area contributed by atoms with E-state index in [1.54, 1.807) is 6.92 Å². The van der Waals surface area contributed by atoms with E-state index in [0.717, 1.165) is 11.6 Å². The van der Waals surface area contributed by atoms with Crippen LogP contribution in [0.3, 0.4) is 0 Å². The highest BCUT2D eigenvalue weighted by atomic mass is 19.4. The van der Waals surface area contributed by atoms with Gasteiger partial charge in [-0.25, -0.2) is 0 Å². The molecule has 26 heavy (non-hydrogen) atoms. The number of benzene rings is 2. The van der Waals surface area contributed by atoms with E-state index in [0.29, 0.717) is 5.69 Å². The molecule has 0 unspecified atom stereocenters. The molecule has 1 heterocycles. The van der Waals surface area contributed by atoms with Crippen LogP contribution in [0.25, 0.3) is 11.3 Å². The first kappa shape index (κ1) is 17.8. The van der Waals surface area contributed by atoms with Crippen molar-refractivity contribution in [3.63, 3.8) is 0 Å². The molecule has 0 saturated heterocycles. The Morgan fingerprint density at radius 1 is 1.04 bits per heavy atom. The fraction of sp³-hybridized carbons (Fsp3) is 0.211. The van der Waals surface area contributed by atoms with Gasteiger partial charge in [0.25, 0.3) is 0 Å². The molecule has 0 N–H and O–H groups in total. The van der Waals surface area contributed by atoms with Crippen LogP contribution in [0.2, 0.25) is 0 Å². The molecule has 0 bridgehead atoms. The number of rotatable bonds is 5. The SMILES string of the molecule is COc1cc(C(F)(F)F)c(-c2cc(C)no2)cc1OCc1ccccc1. The van der Waals surface area contributed by atoms with Crippen LogP contribution in [0, 0.1) is 6.92 Å². The Morgan fingerprint density at radius 2 is 1.77 bits per heavy atom. The van der Waals surface area contributed by atoms with Gasteiger partial charge in [-0.3, -0.25) is 0 Å². The third-order valence-corrected chi connectivity index (χ3v) is 3.74. The predicted molar refractivity (Wildman–Crippen MR) is 89.0 cm³/mol. The molecule has 3 rings (SSSR count). The largest absolute Gasteiger partial charge is 0.493 e. The second-order valence-electron chi connectivity index (χ2n) is 5.65. The van der Waals surface area contributed by atoms with E-state index >= 15 is 0 Å². The van der Waals surface area contributed by atoms with Crippen LogP contribution in [0.5, 0.6) is 11.5 Å². The molecular formula is C19H16F3NO3. The minimum absolute atomic E-state index is 0.00626. The van der Waals surface area contributed by atoms with Crippen molar-refractivity contribution in [1.82, 2.24) is 5.16 Å². The molecule has 4 nitrogen and oxygen atoms in total. The molecule has 0 amide bonds. The van der Waals surface area contributed by atoms with Crippen molar-refractivity contribution in [2.75, 3.05) is 7.11 Å². The summed E-state index contributed by atoms with van der Waals surface area (Å²) in [6.45, 7) is 1.83. The van der Waals surface area contributed by atoms with E-state index in [-0.39, 0.29) is 29.4 Å². The van der Waals surface area contributed by atoms with Crippen molar-refractivity contribution in [2.24, 2.45) is 0 Å². The maximum atomic E-state index is 13.5. The maximum absolute atomic E-state index is 13.5. The number of halogens is 3. The summed E-state index contributed by atoms with van der Waals surface area (Å²) in [4.78, 5) is 0. The fourth-order valence-electron chi connectivity index (χ4n) is 2.50. The summed E-state index contributed by atoms with van der Waals surface area (Å²) in [6.07, 6.45) is -4.58. The van der Waals surface area contributed by atoms with Crippen molar-refractivity contribution in [2.45, 2.75) is 19.7 Å². The molecule has 0 fully saturated rings. The standard InChI is InChI=1S/C19H16F3NO3/c1-12-8-16(26-23-12)14-9-18(25-11-13-6-4-3-5-7-13)17(24-2)10-15(14)19(20,21)22/h3-10H,11H2,1-2H3. The van der Waals surface area contributed by atoms with Gasteiger partial charge >= 0.3 is 6.18 Å². The van der Waals surface area contributed by atoms with Crippen molar-refractivity contribution in [1.29, 1.82) is 0 Å². The zero-order valence-electron chi connectivity index (χ0n) is 14.1. The van der Waals surface area contributed by atoms with Gasteiger partial charge in [-0.2, -0.15) is 13.2 Å². The summed E-state index contributed by atoms with van der Waals surface area (Å²) in [7, 11) is 1.29. The van der Waals surface area contributed by atoms with Crippen LogP contribution in [0.1, 0.15) is 16.8 Å². The number of ether oxygens (including phenoxy) is 2. The molecule has 0 aliphatic heterocycles. The van der Waals surface area contributed by atoms with Gasteiger partial charge in [0.1, 0.15) is 6.61 Å². The maximum Gasteiger partial charge on any atom is 0.417 e. The van der Waals surface area contributed by atoms with Gasteiger partial charge in [0, 0.05) is 11.6 Å². The molecule has 0 atom stereocenters. The number of hydrogen-bond donors (Lipinski definition) is 0. The minimum atomic E-state index is -4.58. The summed E-state index contributed by atoms with van der Waals surface area (Å²) in [5.74, 6) is 0.198. The summed E-state index contributed by atoms with van der Waals surface area (Å²) in [5, 5.41) is 3.67. The van der Waals surface area contributed by atoms with Crippen LogP contribution in [-0.4, -0.2) is 12.3 Å². The van der Waals surface area contributed by atoms with Crippen LogP contribution in [0.15, 0.2) is 53.1 Å². The monoisotopic (exact) mass is 363 g/mol. The van der Waals surface area contributed by atoms with Gasteiger partial charge in [-0.05, 0) is 24.6 Å². The summed E-state index contributed by atoms with van der Waals surface area (Å²) in [5.41, 5.74) is 0.335. The molecular weight excluding hydrogens is 347 g/mol. The van der Waals surface area contributed by atoms with Crippen molar-refractivity contribution in [3.05, 3.63) is 65.4 Å². The van der Waals surface area contributed by atoms with Crippen LogP contribution >= 0.6 is 0 Å². The molecule has 0 spiro atoms. The summed E-state index contributed by atoms with van der Waals surface area (Å²) >= 11 is 0.